The minimum absolute atomic E-state index is 0.0584. The summed E-state index contributed by atoms with van der Waals surface area (Å²) >= 11 is 0. The number of fused-ring (bicyclic) bond motifs is 1. The van der Waals surface area contributed by atoms with Gasteiger partial charge in [0.2, 0.25) is 5.95 Å². The van der Waals surface area contributed by atoms with Crippen LogP contribution in [-0.4, -0.2) is 56.3 Å². The minimum Gasteiger partial charge on any atom is -0.339 e. The summed E-state index contributed by atoms with van der Waals surface area (Å²) in [5, 5.41) is 13.3. The smallest absolute Gasteiger partial charge is 0.281 e. The number of anilines is 1. The molecule has 1 fully saturated rings. The van der Waals surface area contributed by atoms with Crippen LogP contribution in [0.3, 0.4) is 0 Å². The first-order valence-corrected chi connectivity index (χ1v) is 10.3. The van der Waals surface area contributed by atoms with Gasteiger partial charge in [0.05, 0.1) is 17.3 Å². The lowest BCUT2D eigenvalue weighted by molar-refractivity contribution is 0.0746. The summed E-state index contributed by atoms with van der Waals surface area (Å²) in [6.45, 7) is 7.98. The van der Waals surface area contributed by atoms with E-state index >= 15 is 0 Å². The van der Waals surface area contributed by atoms with E-state index in [0.29, 0.717) is 54.3 Å². The second-order valence-electron chi connectivity index (χ2n) is 8.06. The predicted octanol–water partition coefficient (Wildman–Crippen LogP) is 1.85. The number of benzene rings is 1. The van der Waals surface area contributed by atoms with Crippen LogP contribution < -0.4 is 10.5 Å². The molecule has 9 nitrogen and oxygen atoms in total. The number of carbonyl (C=O) groups is 1. The van der Waals surface area contributed by atoms with Crippen LogP contribution in [0.5, 0.6) is 0 Å². The van der Waals surface area contributed by atoms with E-state index in [2.05, 4.69) is 16.1 Å². The lowest BCUT2D eigenvalue weighted by Crippen LogP contribution is -2.50. The average Bonchev–Trinajstić information content (AvgIpc) is 3.06. The number of amides is 1. The number of hydrogen-bond acceptors (Lipinski definition) is 6. The van der Waals surface area contributed by atoms with Gasteiger partial charge < -0.3 is 9.80 Å². The van der Waals surface area contributed by atoms with Crippen molar-refractivity contribution in [2.24, 2.45) is 7.05 Å². The lowest BCUT2D eigenvalue weighted by Gasteiger charge is -2.36. The largest absolute Gasteiger partial charge is 0.339 e. The maximum Gasteiger partial charge on any atom is 0.281 e. The number of aromatic nitrogens is 4. The molecule has 1 saturated heterocycles. The molecule has 3 heterocycles. The van der Waals surface area contributed by atoms with Crippen LogP contribution in [0.15, 0.2) is 29.1 Å². The summed E-state index contributed by atoms with van der Waals surface area (Å²) in [6, 6.07) is 8.67. The lowest BCUT2D eigenvalue weighted by atomic mass is 10.1. The van der Waals surface area contributed by atoms with E-state index in [4.69, 9.17) is 10.2 Å². The van der Waals surface area contributed by atoms with Crippen LogP contribution >= 0.6 is 0 Å². The summed E-state index contributed by atoms with van der Waals surface area (Å²) < 4.78 is 3.30. The van der Waals surface area contributed by atoms with Gasteiger partial charge in [-0.25, -0.2) is 4.98 Å². The highest BCUT2D eigenvalue weighted by Gasteiger charge is 2.27. The molecule has 9 heteroatoms. The number of rotatable bonds is 3. The molecular weight excluding hydrogens is 394 g/mol. The zero-order valence-electron chi connectivity index (χ0n) is 18.2. The van der Waals surface area contributed by atoms with Crippen molar-refractivity contribution in [3.8, 4) is 6.07 Å². The van der Waals surface area contributed by atoms with Gasteiger partial charge in [-0.1, -0.05) is 0 Å². The zero-order valence-corrected chi connectivity index (χ0v) is 18.2. The standard InChI is InChI=1S/C22H25N7O2/c1-14(2)29-21(31)19-18(15(3)25-26(19)4)24-22(29)28-11-9-27(10-12-28)20(30)17-7-5-16(13-23)6-8-17/h5-8,14H,9-12H2,1-4H3. The first-order chi connectivity index (χ1) is 14.8. The molecule has 1 aliphatic heterocycles. The summed E-state index contributed by atoms with van der Waals surface area (Å²) in [5.41, 5.74) is 2.84. The molecule has 0 N–H and O–H groups in total. The first kappa shape index (κ1) is 20.6. The second-order valence-corrected chi connectivity index (χ2v) is 8.06. The van der Waals surface area contributed by atoms with Crippen molar-refractivity contribution in [3.63, 3.8) is 0 Å². The number of nitriles is 1. The molecule has 31 heavy (non-hydrogen) atoms. The van der Waals surface area contributed by atoms with Crippen LogP contribution in [0.25, 0.3) is 11.0 Å². The molecule has 4 rings (SSSR count). The van der Waals surface area contributed by atoms with E-state index in [1.54, 1.807) is 45.5 Å². The molecule has 0 spiro atoms. The van der Waals surface area contributed by atoms with Crippen LogP contribution in [0.4, 0.5) is 5.95 Å². The number of carbonyl (C=O) groups excluding carboxylic acids is 1. The average molecular weight is 419 g/mol. The van der Waals surface area contributed by atoms with Crippen molar-refractivity contribution in [2.75, 3.05) is 31.1 Å². The highest BCUT2D eigenvalue weighted by molar-refractivity contribution is 5.94. The number of hydrogen-bond donors (Lipinski definition) is 0. The van der Waals surface area contributed by atoms with E-state index in [1.807, 2.05) is 20.8 Å². The van der Waals surface area contributed by atoms with Gasteiger partial charge in [-0.15, -0.1) is 0 Å². The maximum absolute atomic E-state index is 13.2. The fraction of sp³-hybridized carbons (Fsp3) is 0.409. The van der Waals surface area contributed by atoms with Gasteiger partial charge in [-0.3, -0.25) is 18.8 Å². The molecule has 2 aromatic heterocycles. The highest BCUT2D eigenvalue weighted by Crippen LogP contribution is 2.22. The molecule has 0 aliphatic carbocycles. The maximum atomic E-state index is 13.2. The molecule has 160 valence electrons. The third-order valence-electron chi connectivity index (χ3n) is 5.67. The molecule has 0 unspecified atom stereocenters. The molecule has 1 amide bonds. The molecule has 0 atom stereocenters. The summed E-state index contributed by atoms with van der Waals surface area (Å²) in [7, 11) is 1.76. The van der Waals surface area contributed by atoms with Gasteiger partial charge in [0, 0.05) is 44.8 Å². The Hall–Kier alpha value is -3.67. The minimum atomic E-state index is -0.103. The number of aryl methyl sites for hydroxylation is 2. The number of piperazine rings is 1. The van der Waals surface area contributed by atoms with Crippen molar-refractivity contribution in [3.05, 3.63) is 51.4 Å². The van der Waals surface area contributed by atoms with Crippen LogP contribution in [0.2, 0.25) is 0 Å². The first-order valence-electron chi connectivity index (χ1n) is 10.3. The van der Waals surface area contributed by atoms with Gasteiger partial charge in [0.25, 0.3) is 11.5 Å². The van der Waals surface area contributed by atoms with Gasteiger partial charge in [-0.2, -0.15) is 10.4 Å². The van der Waals surface area contributed by atoms with Crippen molar-refractivity contribution in [1.82, 2.24) is 24.2 Å². The van der Waals surface area contributed by atoms with Crippen molar-refractivity contribution in [1.29, 1.82) is 5.26 Å². The van der Waals surface area contributed by atoms with E-state index in [9.17, 15) is 9.59 Å². The Labute approximate surface area is 180 Å². The monoisotopic (exact) mass is 419 g/mol. The van der Waals surface area contributed by atoms with E-state index in [-0.39, 0.29) is 17.5 Å². The molecule has 1 aromatic carbocycles. The normalized spacial score (nSPS) is 14.3. The SMILES string of the molecule is Cc1nn(C)c2c(=O)n(C(C)C)c(N3CCN(C(=O)c4ccc(C#N)cc4)CC3)nc12. The van der Waals surface area contributed by atoms with Gasteiger partial charge >= 0.3 is 0 Å². The molecular formula is C22H25N7O2. The Bertz CT molecular complexity index is 1240. The number of nitrogens with zero attached hydrogens (tertiary/aromatic N) is 7. The molecule has 1 aliphatic rings. The zero-order chi connectivity index (χ0) is 22.3. The van der Waals surface area contributed by atoms with Crippen LogP contribution in [-0.2, 0) is 7.05 Å². The molecule has 0 saturated carbocycles. The predicted molar refractivity (Wildman–Crippen MR) is 117 cm³/mol. The quantitative estimate of drug-likeness (QED) is 0.642. The third-order valence-corrected chi connectivity index (χ3v) is 5.67. The highest BCUT2D eigenvalue weighted by atomic mass is 16.2. The topological polar surface area (TPSA) is 100 Å². The second kappa shape index (κ2) is 7.87. The van der Waals surface area contributed by atoms with Gasteiger partial charge in [-0.05, 0) is 45.0 Å². The van der Waals surface area contributed by atoms with E-state index < -0.39 is 0 Å². The van der Waals surface area contributed by atoms with Crippen molar-refractivity contribution < 1.29 is 4.79 Å². The van der Waals surface area contributed by atoms with E-state index in [1.165, 1.54) is 0 Å². The van der Waals surface area contributed by atoms with Crippen molar-refractivity contribution in [2.45, 2.75) is 26.8 Å². The molecule has 0 radical (unpaired) electrons. The van der Waals surface area contributed by atoms with Crippen molar-refractivity contribution >= 4 is 22.9 Å². The summed E-state index contributed by atoms with van der Waals surface area (Å²) in [6.07, 6.45) is 0. The van der Waals surface area contributed by atoms with Crippen LogP contribution in [0.1, 0.15) is 41.5 Å². The Morgan fingerprint density at radius 3 is 2.35 bits per heavy atom. The Balaban J connectivity index is 1.60. The van der Waals surface area contributed by atoms with Gasteiger partial charge in [0.1, 0.15) is 5.52 Å². The molecule has 3 aromatic rings. The summed E-state index contributed by atoms with van der Waals surface area (Å²) in [5.74, 6) is 0.561. The Morgan fingerprint density at radius 1 is 1.13 bits per heavy atom. The van der Waals surface area contributed by atoms with Crippen LogP contribution in [0, 0.1) is 18.3 Å². The van der Waals surface area contributed by atoms with E-state index in [0.717, 1.165) is 5.69 Å². The Morgan fingerprint density at radius 2 is 1.77 bits per heavy atom. The summed E-state index contributed by atoms with van der Waals surface area (Å²) in [4.78, 5) is 34.7. The third kappa shape index (κ3) is 3.54. The molecule has 0 bridgehead atoms. The fourth-order valence-corrected chi connectivity index (χ4v) is 4.05. The fourth-order valence-electron chi connectivity index (χ4n) is 4.05. The Kier molecular flexibility index (Phi) is 5.23. The van der Waals surface area contributed by atoms with Gasteiger partial charge in [0.15, 0.2) is 5.52 Å².